The molecular formula is C19H14F3NS. The Morgan fingerprint density at radius 2 is 1.67 bits per heavy atom. The van der Waals surface area contributed by atoms with E-state index >= 15 is 0 Å². The van der Waals surface area contributed by atoms with Crippen LogP contribution in [0, 0.1) is 17.5 Å². The highest BCUT2D eigenvalue weighted by molar-refractivity contribution is 7.99. The number of thioether (sulfide) groups is 1. The van der Waals surface area contributed by atoms with Gasteiger partial charge in [-0.2, -0.15) is 0 Å². The van der Waals surface area contributed by atoms with Gasteiger partial charge < -0.3 is 5.73 Å². The Morgan fingerprint density at radius 3 is 2.50 bits per heavy atom. The second kappa shape index (κ2) is 5.83. The molecule has 0 aliphatic carbocycles. The van der Waals surface area contributed by atoms with E-state index in [0.717, 1.165) is 27.3 Å². The SMILES string of the molecule is N[C@H]1Cc2c(ccc3ccccc23)S[C@@H]1c1cc(F)c(F)cc1F. The van der Waals surface area contributed by atoms with E-state index in [1.165, 1.54) is 11.8 Å². The van der Waals surface area contributed by atoms with Gasteiger partial charge in [0.05, 0.1) is 5.25 Å². The number of benzene rings is 3. The fourth-order valence-corrected chi connectivity index (χ4v) is 4.59. The molecule has 2 atom stereocenters. The van der Waals surface area contributed by atoms with Crippen molar-refractivity contribution in [1.82, 2.24) is 0 Å². The second-order valence-corrected chi connectivity index (χ2v) is 7.14. The van der Waals surface area contributed by atoms with Gasteiger partial charge in [-0.05, 0) is 34.9 Å². The van der Waals surface area contributed by atoms with Crippen molar-refractivity contribution in [3.8, 4) is 0 Å². The first kappa shape index (κ1) is 15.5. The molecule has 0 unspecified atom stereocenters. The standard InChI is InChI=1S/C19H14F3NS/c20-14-9-16(22)15(21)7-13(14)19-17(23)8-12-11-4-2-1-3-10(11)5-6-18(12)24-19/h1-7,9,17,19H,8,23H2/t17-,19+/m0/s1. The third kappa shape index (κ3) is 2.48. The van der Waals surface area contributed by atoms with E-state index in [1.54, 1.807) is 0 Å². The molecule has 0 fully saturated rings. The number of hydrogen-bond acceptors (Lipinski definition) is 2. The van der Waals surface area contributed by atoms with Gasteiger partial charge in [-0.15, -0.1) is 11.8 Å². The van der Waals surface area contributed by atoms with E-state index in [1.807, 2.05) is 36.4 Å². The first-order valence-corrected chi connectivity index (χ1v) is 8.50. The summed E-state index contributed by atoms with van der Waals surface area (Å²) in [6.07, 6.45) is 0.562. The maximum absolute atomic E-state index is 14.1. The number of rotatable bonds is 1. The summed E-state index contributed by atoms with van der Waals surface area (Å²) in [5.41, 5.74) is 7.52. The van der Waals surface area contributed by atoms with Crippen LogP contribution >= 0.6 is 11.8 Å². The van der Waals surface area contributed by atoms with Crippen molar-refractivity contribution in [2.24, 2.45) is 5.73 Å². The third-order valence-corrected chi connectivity index (χ3v) is 5.92. The molecule has 1 nitrogen and oxygen atoms in total. The van der Waals surface area contributed by atoms with Crippen molar-refractivity contribution in [2.75, 3.05) is 0 Å². The van der Waals surface area contributed by atoms with Crippen molar-refractivity contribution in [2.45, 2.75) is 22.6 Å². The van der Waals surface area contributed by atoms with E-state index in [0.29, 0.717) is 12.5 Å². The Kier molecular flexibility index (Phi) is 3.77. The maximum Gasteiger partial charge on any atom is 0.161 e. The van der Waals surface area contributed by atoms with E-state index in [-0.39, 0.29) is 11.6 Å². The fraction of sp³-hybridized carbons (Fsp3) is 0.158. The molecule has 1 aliphatic rings. The van der Waals surface area contributed by atoms with Crippen LogP contribution < -0.4 is 5.73 Å². The monoisotopic (exact) mass is 345 g/mol. The lowest BCUT2D eigenvalue weighted by atomic mass is 9.94. The Labute approximate surface area is 141 Å². The molecule has 24 heavy (non-hydrogen) atoms. The highest BCUT2D eigenvalue weighted by Crippen LogP contribution is 2.46. The van der Waals surface area contributed by atoms with Crippen molar-refractivity contribution in [3.05, 3.63) is 77.1 Å². The Balaban J connectivity index is 1.80. The summed E-state index contributed by atoms with van der Waals surface area (Å²) in [6, 6.07) is 13.2. The molecule has 122 valence electrons. The molecule has 1 aliphatic heterocycles. The lowest BCUT2D eigenvalue weighted by Gasteiger charge is -2.31. The summed E-state index contributed by atoms with van der Waals surface area (Å²) in [5, 5.41) is 1.80. The average Bonchev–Trinajstić information content (AvgIpc) is 2.58. The van der Waals surface area contributed by atoms with Crippen LogP contribution in [-0.2, 0) is 6.42 Å². The van der Waals surface area contributed by atoms with Gasteiger partial charge >= 0.3 is 0 Å². The normalized spacial score (nSPS) is 20.2. The molecule has 3 aromatic rings. The van der Waals surface area contributed by atoms with Crippen LogP contribution in [0.4, 0.5) is 13.2 Å². The predicted molar refractivity (Wildman–Crippen MR) is 90.5 cm³/mol. The maximum atomic E-state index is 14.1. The summed E-state index contributed by atoms with van der Waals surface area (Å²) in [4.78, 5) is 1.00. The van der Waals surface area contributed by atoms with E-state index < -0.39 is 22.7 Å². The molecule has 0 saturated heterocycles. The zero-order valence-corrected chi connectivity index (χ0v) is 13.4. The molecule has 2 N–H and O–H groups in total. The largest absolute Gasteiger partial charge is 0.326 e. The summed E-state index contributed by atoms with van der Waals surface area (Å²) in [6.45, 7) is 0. The Morgan fingerprint density at radius 1 is 0.917 bits per heavy atom. The van der Waals surface area contributed by atoms with Gasteiger partial charge in [0.15, 0.2) is 11.6 Å². The molecule has 3 aromatic carbocycles. The van der Waals surface area contributed by atoms with E-state index in [9.17, 15) is 13.2 Å². The van der Waals surface area contributed by atoms with Crippen LogP contribution in [0.3, 0.4) is 0 Å². The quantitative estimate of drug-likeness (QED) is 0.630. The number of hydrogen-bond donors (Lipinski definition) is 1. The average molecular weight is 345 g/mol. The lowest BCUT2D eigenvalue weighted by molar-refractivity contribution is 0.485. The van der Waals surface area contributed by atoms with Crippen LogP contribution in [0.1, 0.15) is 16.4 Å². The number of halogens is 3. The summed E-state index contributed by atoms with van der Waals surface area (Å²) >= 11 is 1.41. The minimum Gasteiger partial charge on any atom is -0.326 e. The number of fused-ring (bicyclic) bond motifs is 3. The van der Waals surface area contributed by atoms with Gasteiger partial charge in [-0.3, -0.25) is 0 Å². The molecule has 0 bridgehead atoms. The molecule has 0 amide bonds. The molecule has 5 heteroatoms. The zero-order valence-electron chi connectivity index (χ0n) is 12.6. The van der Waals surface area contributed by atoms with Gasteiger partial charge in [0.25, 0.3) is 0 Å². The van der Waals surface area contributed by atoms with Gasteiger partial charge in [0, 0.05) is 22.6 Å². The van der Waals surface area contributed by atoms with Gasteiger partial charge in [-0.1, -0.05) is 30.3 Å². The molecule has 0 radical (unpaired) electrons. The van der Waals surface area contributed by atoms with Crippen molar-refractivity contribution in [1.29, 1.82) is 0 Å². The van der Waals surface area contributed by atoms with Gasteiger partial charge in [0.1, 0.15) is 5.82 Å². The summed E-state index contributed by atoms with van der Waals surface area (Å²) < 4.78 is 40.9. The number of nitrogens with two attached hydrogens (primary N) is 1. The summed E-state index contributed by atoms with van der Waals surface area (Å²) in [5.74, 6) is -2.99. The van der Waals surface area contributed by atoms with Crippen LogP contribution in [0.2, 0.25) is 0 Å². The molecule has 1 heterocycles. The molecule has 0 aromatic heterocycles. The second-order valence-electron chi connectivity index (χ2n) is 5.96. The summed E-state index contributed by atoms with van der Waals surface area (Å²) in [7, 11) is 0. The third-order valence-electron chi connectivity index (χ3n) is 4.43. The van der Waals surface area contributed by atoms with Crippen molar-refractivity contribution >= 4 is 22.5 Å². The molecule has 4 rings (SSSR count). The topological polar surface area (TPSA) is 26.0 Å². The lowest BCUT2D eigenvalue weighted by Crippen LogP contribution is -2.32. The van der Waals surface area contributed by atoms with Gasteiger partial charge in [-0.25, -0.2) is 13.2 Å². The first-order valence-electron chi connectivity index (χ1n) is 7.62. The van der Waals surface area contributed by atoms with Crippen LogP contribution in [0.15, 0.2) is 53.4 Å². The smallest absolute Gasteiger partial charge is 0.161 e. The Hall–Kier alpha value is -1.98. The van der Waals surface area contributed by atoms with Gasteiger partial charge in [0.2, 0.25) is 0 Å². The highest BCUT2D eigenvalue weighted by Gasteiger charge is 2.31. The predicted octanol–water partition coefficient (Wildman–Crippen LogP) is 4.97. The molecular weight excluding hydrogens is 331 g/mol. The van der Waals surface area contributed by atoms with Crippen LogP contribution in [0.5, 0.6) is 0 Å². The van der Waals surface area contributed by atoms with Crippen LogP contribution in [-0.4, -0.2) is 6.04 Å². The van der Waals surface area contributed by atoms with Crippen molar-refractivity contribution < 1.29 is 13.2 Å². The minimum absolute atomic E-state index is 0.116. The zero-order chi connectivity index (χ0) is 16.8. The fourth-order valence-electron chi connectivity index (χ4n) is 3.25. The Bertz CT molecular complexity index is 941. The first-order chi connectivity index (χ1) is 11.5. The minimum atomic E-state index is -1.18. The van der Waals surface area contributed by atoms with E-state index in [2.05, 4.69) is 0 Å². The highest BCUT2D eigenvalue weighted by atomic mass is 32.2. The molecule has 0 saturated carbocycles. The van der Waals surface area contributed by atoms with Crippen LogP contribution in [0.25, 0.3) is 10.8 Å². The van der Waals surface area contributed by atoms with E-state index in [4.69, 9.17) is 5.73 Å². The van der Waals surface area contributed by atoms with Crippen molar-refractivity contribution in [3.63, 3.8) is 0 Å². The molecule has 0 spiro atoms.